The standard InChI is InChI=1S/C14H8N2O4S/c17-15(18)10-6-12(16(19)20)11-8-13(21-14(11)7-10)9-4-2-1-3-5-9/h1-8H. The van der Waals surface area contributed by atoms with Crippen LogP contribution in [0.15, 0.2) is 48.5 Å². The van der Waals surface area contributed by atoms with Gasteiger partial charge in [0.2, 0.25) is 0 Å². The van der Waals surface area contributed by atoms with E-state index in [1.807, 2.05) is 30.3 Å². The molecule has 6 nitrogen and oxygen atoms in total. The maximum atomic E-state index is 11.1. The van der Waals surface area contributed by atoms with Crippen molar-refractivity contribution in [2.24, 2.45) is 0 Å². The number of thiophene rings is 1. The number of fused-ring (bicyclic) bond motifs is 1. The van der Waals surface area contributed by atoms with Crippen molar-refractivity contribution in [3.8, 4) is 10.4 Å². The van der Waals surface area contributed by atoms with Gasteiger partial charge in [-0.05, 0) is 11.6 Å². The zero-order valence-corrected chi connectivity index (χ0v) is 11.4. The van der Waals surface area contributed by atoms with Gasteiger partial charge in [-0.3, -0.25) is 20.2 Å². The van der Waals surface area contributed by atoms with E-state index in [1.54, 1.807) is 6.07 Å². The Kier molecular flexibility index (Phi) is 3.11. The van der Waals surface area contributed by atoms with Crippen molar-refractivity contribution in [2.45, 2.75) is 0 Å². The Balaban J connectivity index is 2.27. The fourth-order valence-electron chi connectivity index (χ4n) is 2.11. The molecule has 3 aromatic rings. The highest BCUT2D eigenvalue weighted by Gasteiger charge is 2.21. The summed E-state index contributed by atoms with van der Waals surface area (Å²) in [5, 5.41) is 22.4. The smallest absolute Gasteiger partial charge is 0.258 e. The van der Waals surface area contributed by atoms with Gasteiger partial charge in [0.15, 0.2) is 0 Å². The zero-order valence-electron chi connectivity index (χ0n) is 10.6. The summed E-state index contributed by atoms with van der Waals surface area (Å²) in [5.41, 5.74) is 0.420. The Morgan fingerprint density at radius 3 is 2.24 bits per heavy atom. The van der Waals surface area contributed by atoms with Crippen LogP contribution in [-0.4, -0.2) is 9.85 Å². The van der Waals surface area contributed by atoms with Gasteiger partial charge in [0, 0.05) is 15.6 Å². The van der Waals surface area contributed by atoms with Crippen molar-refractivity contribution in [2.75, 3.05) is 0 Å². The lowest BCUT2D eigenvalue weighted by Crippen LogP contribution is -1.92. The summed E-state index contributed by atoms with van der Waals surface area (Å²) >= 11 is 1.30. The lowest BCUT2D eigenvalue weighted by atomic mass is 10.1. The summed E-state index contributed by atoms with van der Waals surface area (Å²) in [6.07, 6.45) is 0. The minimum atomic E-state index is -0.617. The average Bonchev–Trinajstić information content (AvgIpc) is 2.90. The summed E-state index contributed by atoms with van der Waals surface area (Å²) in [5.74, 6) is 0. The minimum absolute atomic E-state index is 0.238. The lowest BCUT2D eigenvalue weighted by molar-refractivity contribution is -0.393. The SMILES string of the molecule is O=[N+]([O-])c1cc([N+](=O)[O-])c2cc(-c3ccccc3)sc2c1. The molecule has 0 bridgehead atoms. The summed E-state index contributed by atoms with van der Waals surface area (Å²) in [6, 6.07) is 13.5. The molecule has 0 saturated carbocycles. The quantitative estimate of drug-likeness (QED) is 0.530. The topological polar surface area (TPSA) is 86.3 Å². The van der Waals surface area contributed by atoms with Gasteiger partial charge < -0.3 is 0 Å². The summed E-state index contributed by atoms with van der Waals surface area (Å²) < 4.78 is 0.537. The first-order valence-corrected chi connectivity index (χ1v) is 6.79. The van der Waals surface area contributed by atoms with E-state index in [0.717, 1.165) is 16.5 Å². The number of nitrogens with zero attached hydrogens (tertiary/aromatic N) is 2. The summed E-state index contributed by atoms with van der Waals surface area (Å²) in [7, 11) is 0. The molecular weight excluding hydrogens is 292 g/mol. The number of rotatable bonds is 3. The van der Waals surface area contributed by atoms with Gasteiger partial charge in [-0.25, -0.2) is 0 Å². The Bertz CT molecular complexity index is 858. The Labute approximate surface area is 122 Å². The van der Waals surface area contributed by atoms with Crippen LogP contribution in [0.3, 0.4) is 0 Å². The normalized spacial score (nSPS) is 10.7. The molecule has 0 unspecified atom stereocenters. The molecule has 0 spiro atoms. The number of benzene rings is 2. The predicted molar refractivity (Wildman–Crippen MR) is 80.6 cm³/mol. The highest BCUT2D eigenvalue weighted by Crippen LogP contribution is 2.40. The van der Waals surface area contributed by atoms with Gasteiger partial charge in [0.1, 0.15) is 0 Å². The van der Waals surface area contributed by atoms with E-state index in [9.17, 15) is 20.2 Å². The average molecular weight is 300 g/mol. The second-order valence-corrected chi connectivity index (χ2v) is 5.45. The monoisotopic (exact) mass is 300 g/mol. The van der Waals surface area contributed by atoms with Crippen molar-refractivity contribution in [1.29, 1.82) is 0 Å². The van der Waals surface area contributed by atoms with Crippen molar-refractivity contribution in [3.05, 3.63) is 68.8 Å². The van der Waals surface area contributed by atoms with Crippen molar-refractivity contribution >= 4 is 32.8 Å². The van der Waals surface area contributed by atoms with E-state index < -0.39 is 9.85 Å². The predicted octanol–water partition coefficient (Wildman–Crippen LogP) is 4.38. The molecule has 1 heterocycles. The molecule has 0 atom stereocenters. The molecule has 3 rings (SSSR count). The number of nitro groups is 2. The lowest BCUT2D eigenvalue weighted by Gasteiger charge is -1.94. The maximum Gasteiger partial charge on any atom is 0.284 e. The zero-order chi connectivity index (χ0) is 15.0. The van der Waals surface area contributed by atoms with Crippen molar-refractivity contribution in [1.82, 2.24) is 0 Å². The fourth-order valence-corrected chi connectivity index (χ4v) is 3.23. The first kappa shape index (κ1) is 13.2. The Morgan fingerprint density at radius 1 is 0.905 bits per heavy atom. The second-order valence-electron chi connectivity index (χ2n) is 4.37. The van der Waals surface area contributed by atoms with Crippen LogP contribution in [0.25, 0.3) is 20.5 Å². The van der Waals surface area contributed by atoms with Crippen LogP contribution in [0.1, 0.15) is 0 Å². The number of non-ortho nitro benzene ring substituents is 2. The van der Waals surface area contributed by atoms with Crippen LogP contribution in [0.5, 0.6) is 0 Å². The van der Waals surface area contributed by atoms with E-state index in [1.165, 1.54) is 17.4 Å². The van der Waals surface area contributed by atoms with Gasteiger partial charge in [-0.2, -0.15) is 0 Å². The Morgan fingerprint density at radius 2 is 1.62 bits per heavy atom. The summed E-state index contributed by atoms with van der Waals surface area (Å²) in [6.45, 7) is 0. The van der Waals surface area contributed by atoms with Crippen LogP contribution in [-0.2, 0) is 0 Å². The van der Waals surface area contributed by atoms with Gasteiger partial charge in [0.05, 0.1) is 21.3 Å². The molecule has 0 radical (unpaired) electrons. The Hall–Kier alpha value is -2.80. The molecule has 0 N–H and O–H groups in total. The molecule has 7 heteroatoms. The van der Waals surface area contributed by atoms with Crippen molar-refractivity contribution in [3.63, 3.8) is 0 Å². The largest absolute Gasteiger partial charge is 0.284 e. The van der Waals surface area contributed by atoms with Gasteiger partial charge in [-0.15, -0.1) is 11.3 Å². The molecule has 2 aromatic carbocycles. The second kappa shape index (κ2) is 4.95. The third-order valence-corrected chi connectivity index (χ3v) is 4.20. The van der Waals surface area contributed by atoms with Crippen LogP contribution in [0, 0.1) is 20.2 Å². The van der Waals surface area contributed by atoms with Crippen LogP contribution in [0.2, 0.25) is 0 Å². The molecule has 1 aromatic heterocycles. The molecule has 21 heavy (non-hydrogen) atoms. The fraction of sp³-hybridized carbons (Fsp3) is 0. The maximum absolute atomic E-state index is 11.1. The number of hydrogen-bond donors (Lipinski definition) is 0. The van der Waals surface area contributed by atoms with E-state index in [0.29, 0.717) is 10.1 Å². The van der Waals surface area contributed by atoms with E-state index in [4.69, 9.17) is 0 Å². The van der Waals surface area contributed by atoms with Crippen LogP contribution >= 0.6 is 11.3 Å². The molecule has 104 valence electrons. The van der Waals surface area contributed by atoms with E-state index >= 15 is 0 Å². The molecular formula is C14H8N2O4S. The highest BCUT2D eigenvalue weighted by molar-refractivity contribution is 7.22. The first-order valence-electron chi connectivity index (χ1n) is 5.98. The number of hydrogen-bond acceptors (Lipinski definition) is 5. The van der Waals surface area contributed by atoms with Crippen LogP contribution in [0.4, 0.5) is 11.4 Å². The van der Waals surface area contributed by atoms with E-state index in [-0.39, 0.29) is 11.4 Å². The molecule has 0 aliphatic heterocycles. The molecule has 0 fully saturated rings. The minimum Gasteiger partial charge on any atom is -0.258 e. The van der Waals surface area contributed by atoms with Gasteiger partial charge >= 0.3 is 0 Å². The van der Waals surface area contributed by atoms with Gasteiger partial charge in [0.25, 0.3) is 11.4 Å². The van der Waals surface area contributed by atoms with E-state index in [2.05, 4.69) is 0 Å². The first-order chi connectivity index (χ1) is 10.1. The summed E-state index contributed by atoms with van der Waals surface area (Å²) in [4.78, 5) is 21.6. The highest BCUT2D eigenvalue weighted by atomic mass is 32.1. The van der Waals surface area contributed by atoms with Gasteiger partial charge in [-0.1, -0.05) is 30.3 Å². The molecule has 0 aliphatic carbocycles. The molecule has 0 amide bonds. The molecule has 0 aliphatic rings. The third kappa shape index (κ3) is 2.34. The number of nitro benzene ring substituents is 2. The van der Waals surface area contributed by atoms with Crippen molar-refractivity contribution < 1.29 is 9.85 Å². The molecule has 0 saturated heterocycles. The third-order valence-electron chi connectivity index (χ3n) is 3.07. The van der Waals surface area contributed by atoms with Crippen LogP contribution < -0.4 is 0 Å².